The van der Waals surface area contributed by atoms with Crippen LogP contribution in [0.3, 0.4) is 0 Å². The summed E-state index contributed by atoms with van der Waals surface area (Å²) in [6.07, 6.45) is 6.58. The maximum atomic E-state index is 12.1. The van der Waals surface area contributed by atoms with Crippen LogP contribution in [0.15, 0.2) is 12.2 Å². The van der Waals surface area contributed by atoms with Crippen molar-refractivity contribution in [3.8, 4) is 0 Å². The third kappa shape index (κ3) is 20.9. The summed E-state index contributed by atoms with van der Waals surface area (Å²) in [5.74, 6) is -2.18. The van der Waals surface area contributed by atoms with Gasteiger partial charge in [-0.25, -0.2) is 8.42 Å². The standard InChI is InChI=1S/C20H38O7S.C4H7NO.Na/c1-5-9-11-16(7-3)14-26-19(21)13-18(28(23,24)25)20(22)27-15-17(8-4)12-10-6-2;1-3(2)4(5)6;/h16-18H,5-15H2,1-4H3,(H,23,24,25);1H2,2H3,(H2,5,6);/q;;+1/p-1. The summed E-state index contributed by atoms with van der Waals surface area (Å²) >= 11 is 0. The summed E-state index contributed by atoms with van der Waals surface area (Å²) in [5.41, 5.74) is 5.09. The molecule has 2 N–H and O–H groups in total. The number of nitrogens with two attached hydrogens (primary N) is 1. The van der Waals surface area contributed by atoms with Gasteiger partial charge >= 0.3 is 41.5 Å². The molecule has 11 heteroatoms. The molecule has 0 aliphatic heterocycles. The normalized spacial score (nSPS) is 13.2. The van der Waals surface area contributed by atoms with Crippen molar-refractivity contribution < 1.29 is 66.4 Å². The molecule has 1 amide bonds. The molecule has 0 aromatic heterocycles. The molecule has 0 aromatic carbocycles. The first-order valence-corrected chi connectivity index (χ1v) is 13.5. The van der Waals surface area contributed by atoms with E-state index in [1.807, 2.05) is 13.8 Å². The summed E-state index contributed by atoms with van der Waals surface area (Å²) < 4.78 is 44.6. The van der Waals surface area contributed by atoms with Crippen molar-refractivity contribution in [3.63, 3.8) is 0 Å². The minimum absolute atomic E-state index is 0. The molecular formula is C24H44NNaO8S. The van der Waals surface area contributed by atoms with Crippen molar-refractivity contribution in [2.75, 3.05) is 13.2 Å². The summed E-state index contributed by atoms with van der Waals surface area (Å²) in [5, 5.41) is -2.06. The van der Waals surface area contributed by atoms with E-state index in [-0.39, 0.29) is 54.6 Å². The Bertz CT molecular complexity index is 715. The molecule has 0 heterocycles. The number of esters is 2. The number of hydrogen-bond donors (Lipinski definition) is 1. The van der Waals surface area contributed by atoms with Crippen LogP contribution in [0.4, 0.5) is 0 Å². The average Bonchev–Trinajstić information content (AvgIpc) is 2.77. The summed E-state index contributed by atoms with van der Waals surface area (Å²) in [4.78, 5) is 34.0. The second kappa shape index (κ2) is 22.3. The first-order valence-electron chi connectivity index (χ1n) is 12.1. The number of hydrogen-bond acceptors (Lipinski definition) is 8. The van der Waals surface area contributed by atoms with Gasteiger partial charge in [0.25, 0.3) is 0 Å². The Morgan fingerprint density at radius 3 is 1.63 bits per heavy atom. The van der Waals surface area contributed by atoms with Crippen LogP contribution in [-0.4, -0.2) is 49.3 Å². The van der Waals surface area contributed by atoms with Crippen molar-refractivity contribution in [1.29, 1.82) is 0 Å². The van der Waals surface area contributed by atoms with Crippen molar-refractivity contribution >= 4 is 28.0 Å². The van der Waals surface area contributed by atoms with E-state index in [0.29, 0.717) is 5.57 Å². The smallest absolute Gasteiger partial charge is 0.747 e. The largest absolute Gasteiger partial charge is 1.00 e. The van der Waals surface area contributed by atoms with Gasteiger partial charge in [-0.05, 0) is 31.6 Å². The molecule has 200 valence electrons. The van der Waals surface area contributed by atoms with Gasteiger partial charge in [0, 0.05) is 5.57 Å². The van der Waals surface area contributed by atoms with Crippen molar-refractivity contribution in [2.45, 2.75) is 97.7 Å². The third-order valence-corrected chi connectivity index (χ3v) is 6.47. The zero-order valence-corrected chi connectivity index (χ0v) is 25.3. The van der Waals surface area contributed by atoms with Gasteiger partial charge in [0.2, 0.25) is 5.91 Å². The molecule has 0 bridgehead atoms. The molecule has 0 radical (unpaired) electrons. The minimum atomic E-state index is -5.01. The summed E-state index contributed by atoms with van der Waals surface area (Å²) in [6, 6.07) is 0. The van der Waals surface area contributed by atoms with E-state index in [1.165, 1.54) is 0 Å². The maximum Gasteiger partial charge on any atom is 1.00 e. The van der Waals surface area contributed by atoms with Gasteiger partial charge in [-0.3, -0.25) is 14.4 Å². The first-order chi connectivity index (χ1) is 15.8. The number of unbranched alkanes of at least 4 members (excludes halogenated alkanes) is 2. The zero-order chi connectivity index (χ0) is 26.7. The van der Waals surface area contributed by atoms with E-state index in [1.54, 1.807) is 6.92 Å². The van der Waals surface area contributed by atoms with E-state index in [4.69, 9.17) is 15.2 Å². The van der Waals surface area contributed by atoms with E-state index in [9.17, 15) is 27.4 Å². The Morgan fingerprint density at radius 1 is 0.914 bits per heavy atom. The summed E-state index contributed by atoms with van der Waals surface area (Å²) in [6.45, 7) is 13.1. The van der Waals surface area contributed by atoms with Crippen LogP contribution < -0.4 is 35.3 Å². The first kappa shape index (κ1) is 38.6. The van der Waals surface area contributed by atoms with Gasteiger partial charge in [-0.2, -0.15) is 0 Å². The van der Waals surface area contributed by atoms with E-state index < -0.39 is 39.6 Å². The Kier molecular flexibility index (Phi) is 24.6. The van der Waals surface area contributed by atoms with Gasteiger partial charge in [0.05, 0.1) is 19.6 Å². The molecule has 0 aliphatic rings. The fraction of sp³-hybridized carbons (Fsp3) is 0.792. The number of ether oxygens (including phenoxy) is 2. The van der Waals surface area contributed by atoms with E-state index in [0.717, 1.165) is 51.4 Å². The number of rotatable bonds is 17. The second-order valence-electron chi connectivity index (χ2n) is 8.48. The van der Waals surface area contributed by atoms with Crippen LogP contribution in [0, 0.1) is 11.8 Å². The molecule has 0 saturated carbocycles. The van der Waals surface area contributed by atoms with Crippen LogP contribution >= 0.6 is 0 Å². The van der Waals surface area contributed by atoms with Gasteiger partial charge in [-0.15, -0.1) is 0 Å². The van der Waals surface area contributed by atoms with Gasteiger partial charge in [0.1, 0.15) is 10.1 Å². The van der Waals surface area contributed by atoms with Crippen LogP contribution in [-0.2, 0) is 34.0 Å². The Morgan fingerprint density at radius 2 is 1.31 bits per heavy atom. The molecular weight excluding hydrogens is 485 g/mol. The second-order valence-corrected chi connectivity index (χ2v) is 10.0. The van der Waals surface area contributed by atoms with E-state index in [2.05, 4.69) is 20.4 Å². The Hall–Kier alpha value is -0.940. The number of amides is 1. The molecule has 0 aromatic rings. The van der Waals surface area contributed by atoms with Gasteiger partial charge in [-0.1, -0.05) is 72.8 Å². The molecule has 35 heavy (non-hydrogen) atoms. The molecule has 3 atom stereocenters. The third-order valence-electron chi connectivity index (χ3n) is 5.41. The molecule has 0 spiro atoms. The van der Waals surface area contributed by atoms with Gasteiger partial charge < -0.3 is 19.8 Å². The average molecular weight is 530 g/mol. The fourth-order valence-electron chi connectivity index (χ4n) is 2.81. The molecule has 9 nitrogen and oxygen atoms in total. The monoisotopic (exact) mass is 529 g/mol. The molecule has 0 rings (SSSR count). The van der Waals surface area contributed by atoms with E-state index >= 15 is 0 Å². The minimum Gasteiger partial charge on any atom is -0.747 e. The Balaban J connectivity index is -0.00000129. The van der Waals surface area contributed by atoms with Crippen molar-refractivity contribution in [1.82, 2.24) is 0 Å². The van der Waals surface area contributed by atoms with Crippen LogP contribution in [0.25, 0.3) is 0 Å². The predicted molar refractivity (Wildman–Crippen MR) is 131 cm³/mol. The number of primary amides is 1. The SMILES string of the molecule is C=C(C)C(N)=O.CCCCC(CC)COC(=O)CC(C(=O)OCC(CC)CCCC)S(=O)(=O)[O-].[Na+]. The maximum absolute atomic E-state index is 12.1. The van der Waals surface area contributed by atoms with Crippen LogP contribution in [0.5, 0.6) is 0 Å². The van der Waals surface area contributed by atoms with Crippen LogP contribution in [0.1, 0.15) is 92.4 Å². The number of carbonyl (C=O) groups excluding carboxylic acids is 3. The summed E-state index contributed by atoms with van der Waals surface area (Å²) in [7, 11) is -5.01. The van der Waals surface area contributed by atoms with Crippen molar-refractivity contribution in [3.05, 3.63) is 12.2 Å². The molecule has 0 saturated heterocycles. The van der Waals surface area contributed by atoms with Crippen LogP contribution in [0.2, 0.25) is 0 Å². The zero-order valence-electron chi connectivity index (χ0n) is 22.5. The quantitative estimate of drug-likeness (QED) is 0.126. The number of carbonyl (C=O) groups is 3. The predicted octanol–water partition coefficient (Wildman–Crippen LogP) is 0.861. The van der Waals surface area contributed by atoms with Crippen molar-refractivity contribution in [2.24, 2.45) is 17.6 Å². The molecule has 3 unspecified atom stereocenters. The fourth-order valence-corrected chi connectivity index (χ4v) is 3.46. The molecule has 0 fully saturated rings. The van der Waals surface area contributed by atoms with Gasteiger partial charge in [0.15, 0.2) is 5.25 Å². The molecule has 0 aliphatic carbocycles. The topological polar surface area (TPSA) is 153 Å². The Labute approximate surface area is 234 Å².